The Kier molecular flexibility index (Phi) is 13.8. The fourth-order valence-corrected chi connectivity index (χ4v) is 8.24. The summed E-state index contributed by atoms with van der Waals surface area (Å²) in [6, 6.07) is 22.7. The largest absolute Gasteiger partial charge is 0.512 e. The molecular weight excluding hydrogens is 944 g/mol. The molecule has 1 aliphatic rings. The molecular formula is C54H65F3IrNO2-. The van der Waals surface area contributed by atoms with Crippen LogP contribution in [0.2, 0.25) is 0 Å². The van der Waals surface area contributed by atoms with Crippen LogP contribution in [0.4, 0.5) is 13.2 Å². The molecule has 1 N–H and O–H groups in total. The summed E-state index contributed by atoms with van der Waals surface area (Å²) in [5, 5.41) is 11.5. The van der Waals surface area contributed by atoms with E-state index in [4.69, 9.17) is 11.0 Å². The van der Waals surface area contributed by atoms with E-state index in [1.165, 1.54) is 18.2 Å². The fraction of sp³-hybridized carbons (Fsp3) is 0.444. The minimum absolute atomic E-state index is 0. The molecule has 1 fully saturated rings. The normalized spacial score (nSPS) is 16.5. The molecule has 0 amide bonds. The number of allylic oxidation sites excluding steroid dienone is 2. The number of nitrogens with zero attached hydrogens (tertiary/aromatic N) is 1. The minimum Gasteiger partial charge on any atom is -0.512 e. The molecule has 3 nitrogen and oxygen atoms in total. The molecule has 1 heterocycles. The summed E-state index contributed by atoms with van der Waals surface area (Å²) < 4.78 is 113. The van der Waals surface area contributed by atoms with Crippen LogP contribution in [0, 0.1) is 37.0 Å². The molecule has 0 spiro atoms. The van der Waals surface area contributed by atoms with E-state index in [0.717, 1.165) is 80.2 Å². The first-order valence-corrected chi connectivity index (χ1v) is 21.4. The quantitative estimate of drug-likeness (QED) is 0.0770. The van der Waals surface area contributed by atoms with Crippen LogP contribution in [0.15, 0.2) is 90.8 Å². The van der Waals surface area contributed by atoms with Crippen molar-refractivity contribution in [2.24, 2.45) is 17.3 Å². The van der Waals surface area contributed by atoms with E-state index >= 15 is 0 Å². The Morgan fingerprint density at radius 2 is 1.48 bits per heavy atom. The van der Waals surface area contributed by atoms with Gasteiger partial charge < -0.3 is 5.11 Å². The average Bonchev–Trinajstić information content (AvgIpc) is 3.28. The Morgan fingerprint density at radius 3 is 2.03 bits per heavy atom. The van der Waals surface area contributed by atoms with Crippen molar-refractivity contribution >= 4 is 16.6 Å². The van der Waals surface area contributed by atoms with Gasteiger partial charge in [-0.1, -0.05) is 139 Å². The topological polar surface area (TPSA) is 50.2 Å². The number of carbonyl (C=O) groups excluding carboxylic acids is 1. The molecule has 1 aliphatic carbocycles. The average molecular weight is 1020 g/mol. The van der Waals surface area contributed by atoms with E-state index < -0.39 is 59.5 Å². The maximum atomic E-state index is 14.8. The first kappa shape index (κ1) is 38.6. The van der Waals surface area contributed by atoms with Crippen molar-refractivity contribution in [3.8, 4) is 33.5 Å². The minimum atomic E-state index is -5.00. The number of aryl methyl sites for hydroxylation is 2. The van der Waals surface area contributed by atoms with Gasteiger partial charge in [-0.2, -0.15) is 13.2 Å². The summed E-state index contributed by atoms with van der Waals surface area (Å²) in [4.78, 5) is 15.9. The van der Waals surface area contributed by atoms with Crippen molar-refractivity contribution < 1.29 is 54.1 Å². The summed E-state index contributed by atoms with van der Waals surface area (Å²) in [6.07, 6.45) is 4.05. The number of carbonyl (C=O) groups is 1. The summed E-state index contributed by atoms with van der Waals surface area (Å²) >= 11 is 0. The molecule has 61 heavy (non-hydrogen) atoms. The number of aliphatic hydroxyl groups excluding tert-OH is 1. The molecule has 0 saturated heterocycles. The van der Waals surface area contributed by atoms with Gasteiger partial charge in [0.15, 0.2) is 5.78 Å². The second kappa shape index (κ2) is 21.8. The van der Waals surface area contributed by atoms with Crippen LogP contribution >= 0.6 is 0 Å². The third-order valence-electron chi connectivity index (χ3n) is 11.6. The van der Waals surface area contributed by atoms with Crippen molar-refractivity contribution in [2.75, 3.05) is 0 Å². The van der Waals surface area contributed by atoms with Crippen molar-refractivity contribution in [3.63, 3.8) is 0 Å². The van der Waals surface area contributed by atoms with Crippen LogP contribution in [-0.4, -0.2) is 15.9 Å². The predicted molar refractivity (Wildman–Crippen MR) is 244 cm³/mol. The molecule has 1 saturated carbocycles. The molecule has 0 unspecified atom stereocenters. The van der Waals surface area contributed by atoms with E-state index in [1.54, 1.807) is 45.0 Å². The maximum absolute atomic E-state index is 14.8. The van der Waals surface area contributed by atoms with Crippen molar-refractivity contribution in [3.05, 3.63) is 125 Å². The zero-order chi connectivity index (χ0) is 50.6. The van der Waals surface area contributed by atoms with Crippen molar-refractivity contribution in [1.82, 2.24) is 4.98 Å². The van der Waals surface area contributed by atoms with Crippen LogP contribution in [0.5, 0.6) is 0 Å². The summed E-state index contributed by atoms with van der Waals surface area (Å²) in [7, 11) is 0. The smallest absolute Gasteiger partial charge is 0.418 e. The fourth-order valence-electron chi connectivity index (χ4n) is 8.24. The Hall–Kier alpha value is -4.06. The Morgan fingerprint density at radius 1 is 0.869 bits per heavy atom. The molecule has 1 radical (unpaired) electrons. The number of hydrogen-bond acceptors (Lipinski definition) is 3. The third kappa shape index (κ3) is 12.8. The number of benzene rings is 4. The van der Waals surface area contributed by atoms with Crippen LogP contribution in [0.25, 0.3) is 44.3 Å². The van der Waals surface area contributed by atoms with E-state index in [0.29, 0.717) is 22.9 Å². The second-order valence-electron chi connectivity index (χ2n) is 17.0. The Balaban J connectivity index is 0.000000559. The SMILES string of the molecule is CCC(CC)C(=O)/C=C(\O)C(CC)CC.[2H]C([2H])([2H])c1cc(-c2ccc(C([2H])([2H])C(C)(C)C)cc2)cc(C([2H])([2H])[2H])c1-c1cc(-c2[c-]c3ccccc3c(C3CCCCC3)c2)ncc1C(F)(F)F.[Ir]. The molecule has 7 heteroatoms. The van der Waals surface area contributed by atoms with Gasteiger partial charge in [0.25, 0.3) is 0 Å². The molecule has 6 rings (SSSR count). The maximum Gasteiger partial charge on any atom is 0.418 e. The summed E-state index contributed by atoms with van der Waals surface area (Å²) in [6.45, 7) is 7.31. The first-order valence-electron chi connectivity index (χ1n) is 25.4. The third-order valence-corrected chi connectivity index (χ3v) is 11.6. The Bertz CT molecular complexity index is 2530. The van der Waals surface area contributed by atoms with E-state index in [1.807, 2.05) is 58.0 Å². The zero-order valence-electron chi connectivity index (χ0n) is 44.4. The molecule has 0 aliphatic heterocycles. The van der Waals surface area contributed by atoms with Gasteiger partial charge in [0.2, 0.25) is 0 Å². The number of aromatic nitrogens is 1. The van der Waals surface area contributed by atoms with Crippen molar-refractivity contribution in [1.29, 1.82) is 0 Å². The number of rotatable bonds is 12. The molecule has 329 valence electrons. The summed E-state index contributed by atoms with van der Waals surface area (Å²) in [5.41, 5.74) is -1.75. The Labute approximate surface area is 388 Å². The van der Waals surface area contributed by atoms with Gasteiger partial charge in [0, 0.05) is 60.9 Å². The predicted octanol–water partition coefficient (Wildman–Crippen LogP) is 16.2. The number of halogens is 3. The number of aliphatic hydroxyl groups is 1. The zero-order valence-corrected chi connectivity index (χ0v) is 38.8. The number of hydrogen-bond donors (Lipinski definition) is 1. The summed E-state index contributed by atoms with van der Waals surface area (Å²) in [5.74, 6) is 0.792. The van der Waals surface area contributed by atoms with Crippen LogP contribution in [0.1, 0.15) is 151 Å². The van der Waals surface area contributed by atoms with Crippen LogP contribution in [0.3, 0.4) is 0 Å². The molecule has 0 atom stereocenters. The van der Waals surface area contributed by atoms with Gasteiger partial charge in [-0.3, -0.25) is 9.78 Å². The monoisotopic (exact) mass is 1020 g/mol. The number of fused-ring (bicyclic) bond motifs is 1. The van der Waals surface area contributed by atoms with Gasteiger partial charge in [-0.15, -0.1) is 29.1 Å². The number of alkyl halides is 3. The molecule has 5 aromatic rings. The standard InChI is InChI=1S/C41H41F3N.C13H24O2.Ir/c1-26-19-32(29-17-15-28(16-18-29)24-40(3,4)5)20-27(2)39(26)36-23-38(45-25-37(36)41(42,43)44)33-21-31-13-9-10-14-34(31)35(22-33)30-11-7-6-8-12-30;1-5-10(6-2)12(14)9-13(15)11(7-3)8-4;/h9-10,13-20,22-23,25,30H,6-8,11-12,24H2,1-5H3;9-11,14H,5-8H2,1-4H3;/q-1;;/b;12-9-;/i1D3,2D3,24D2;;. The molecule has 1 aromatic heterocycles. The first-order chi connectivity index (χ1) is 31.7. The van der Waals surface area contributed by atoms with E-state index in [9.17, 15) is 23.1 Å². The second-order valence-corrected chi connectivity index (χ2v) is 17.0. The molecule has 4 aromatic carbocycles. The van der Waals surface area contributed by atoms with Crippen molar-refractivity contribution in [2.45, 2.75) is 138 Å². The van der Waals surface area contributed by atoms with Gasteiger partial charge in [-0.05, 0) is 109 Å². The van der Waals surface area contributed by atoms with Gasteiger partial charge in [-0.25, -0.2) is 0 Å². The molecule has 0 bridgehead atoms. The number of ketones is 1. The number of pyridine rings is 1. The van der Waals surface area contributed by atoms with E-state index in [-0.39, 0.29) is 60.7 Å². The van der Waals surface area contributed by atoms with Gasteiger partial charge in [0.05, 0.1) is 11.3 Å². The van der Waals surface area contributed by atoms with Gasteiger partial charge in [0.1, 0.15) is 0 Å². The van der Waals surface area contributed by atoms with Gasteiger partial charge >= 0.3 is 6.18 Å². The van der Waals surface area contributed by atoms with Crippen LogP contribution < -0.4 is 0 Å². The van der Waals surface area contributed by atoms with Crippen LogP contribution in [-0.2, 0) is 37.4 Å². The van der Waals surface area contributed by atoms with E-state index in [2.05, 4.69) is 11.1 Å².